The van der Waals surface area contributed by atoms with Crippen molar-refractivity contribution in [2.45, 2.75) is 14.7 Å². The predicted molar refractivity (Wildman–Crippen MR) is 164 cm³/mol. The lowest BCUT2D eigenvalue weighted by molar-refractivity contribution is -0.432. The fourth-order valence-corrected chi connectivity index (χ4v) is 5.84. The zero-order valence-electron chi connectivity index (χ0n) is 22.5. The number of hydrogen-bond donors (Lipinski definition) is 6. The maximum absolute atomic E-state index is 12.2. The first kappa shape index (κ1) is 32.9. The Morgan fingerprint density at radius 1 is 0.826 bits per heavy atom. The van der Waals surface area contributed by atoms with Crippen LogP contribution >= 0.6 is 23.6 Å². The van der Waals surface area contributed by atoms with E-state index in [1.807, 2.05) is 0 Å². The van der Waals surface area contributed by atoms with Crippen LogP contribution in [0.2, 0.25) is 5.28 Å². The van der Waals surface area contributed by atoms with Crippen molar-refractivity contribution < 1.29 is 45.7 Å². The van der Waals surface area contributed by atoms with Crippen molar-refractivity contribution in [3.8, 4) is 5.75 Å². The minimum atomic E-state index is -4.82. The second kappa shape index (κ2) is 13.5. The van der Waals surface area contributed by atoms with Crippen LogP contribution in [0.5, 0.6) is 5.75 Å². The molecule has 21 heteroatoms. The number of nitrogens with zero attached hydrogens (tertiary/aromatic N) is 5. The van der Waals surface area contributed by atoms with Gasteiger partial charge in [-0.1, -0.05) is 35.4 Å². The molecule has 5 rings (SSSR count). The number of rotatable bonds is 11. The van der Waals surface area contributed by atoms with Gasteiger partial charge >= 0.3 is 0 Å². The van der Waals surface area contributed by atoms with E-state index in [0.717, 1.165) is 18.2 Å². The van der Waals surface area contributed by atoms with Crippen molar-refractivity contribution in [2.24, 2.45) is 10.2 Å². The third-order valence-corrected chi connectivity index (χ3v) is 8.38. The number of benzene rings is 4. The highest BCUT2D eigenvalue weighted by atomic mass is 35.5. The summed E-state index contributed by atoms with van der Waals surface area (Å²) in [5.74, 6) is -0.894. The first-order chi connectivity index (χ1) is 21.8. The van der Waals surface area contributed by atoms with E-state index in [-0.39, 0.29) is 49.9 Å². The molecule has 0 saturated heterocycles. The van der Waals surface area contributed by atoms with Gasteiger partial charge in [0.1, 0.15) is 16.3 Å². The second-order valence-electron chi connectivity index (χ2n) is 8.85. The number of halogens is 1. The zero-order chi connectivity index (χ0) is 33.1. The highest BCUT2D eigenvalue weighted by Gasteiger charge is 2.23. The summed E-state index contributed by atoms with van der Waals surface area (Å²) >= 11 is 6.41. The van der Waals surface area contributed by atoms with Gasteiger partial charge in [0, 0.05) is 11.1 Å². The molecular weight excluding hydrogens is 690 g/mol. The van der Waals surface area contributed by atoms with Crippen LogP contribution in [0, 0.1) is 0 Å². The first-order valence-corrected chi connectivity index (χ1v) is 16.3. The number of para-hydroxylation sites is 1. The Balaban J connectivity index is 1.69. The largest absolute Gasteiger partial charge is 0.505 e. The molecule has 17 nitrogen and oxygen atoms in total. The van der Waals surface area contributed by atoms with Gasteiger partial charge in [0.15, 0.2) is 5.75 Å². The topological polar surface area (TPSA) is 255 Å². The fourth-order valence-electron chi connectivity index (χ4n) is 4.01. The molecule has 0 spiro atoms. The van der Waals surface area contributed by atoms with E-state index in [9.17, 15) is 31.0 Å². The van der Waals surface area contributed by atoms with E-state index in [2.05, 4.69) is 45.2 Å². The SMILES string of the molecule is O=S(=O)(O)c1cc(Nc2nc(Cl)nc(Nc3ccccc3)n2)c2c(O)c(N=Nc3ccccc3S(=O)(=O)O)c(SOOO)cc2c1. The van der Waals surface area contributed by atoms with Gasteiger partial charge in [0.2, 0.25) is 17.2 Å². The molecule has 0 radical (unpaired) electrons. The summed E-state index contributed by atoms with van der Waals surface area (Å²) in [5.41, 5.74) is -0.265. The molecule has 6 N–H and O–H groups in total. The summed E-state index contributed by atoms with van der Waals surface area (Å²) in [4.78, 5) is 10.9. The van der Waals surface area contributed by atoms with E-state index in [4.69, 9.17) is 16.9 Å². The number of aromatic nitrogens is 3. The van der Waals surface area contributed by atoms with Gasteiger partial charge in [-0.05, 0) is 59.5 Å². The van der Waals surface area contributed by atoms with Crippen LogP contribution in [-0.4, -0.2) is 51.3 Å². The number of azo groups is 1. The summed E-state index contributed by atoms with van der Waals surface area (Å²) < 4.78 is 71.9. The Morgan fingerprint density at radius 3 is 2.17 bits per heavy atom. The van der Waals surface area contributed by atoms with Gasteiger partial charge in [-0.3, -0.25) is 9.11 Å². The van der Waals surface area contributed by atoms with Crippen LogP contribution in [0.3, 0.4) is 0 Å². The number of phenols is 1. The smallest absolute Gasteiger partial charge is 0.296 e. The van der Waals surface area contributed by atoms with Gasteiger partial charge < -0.3 is 15.7 Å². The quantitative estimate of drug-likeness (QED) is 0.0293. The lowest BCUT2D eigenvalue weighted by Gasteiger charge is -2.15. The molecule has 0 unspecified atom stereocenters. The highest BCUT2D eigenvalue weighted by Crippen LogP contribution is 2.47. The number of nitrogens with one attached hydrogen (secondary N) is 2. The van der Waals surface area contributed by atoms with Gasteiger partial charge in [0.05, 0.1) is 27.5 Å². The van der Waals surface area contributed by atoms with E-state index >= 15 is 0 Å². The van der Waals surface area contributed by atoms with Gasteiger partial charge in [-0.25, -0.2) is 5.26 Å². The highest BCUT2D eigenvalue weighted by molar-refractivity contribution is 7.94. The molecule has 1 aromatic heterocycles. The molecule has 1 heterocycles. The van der Waals surface area contributed by atoms with Crippen LogP contribution in [0.15, 0.2) is 97.7 Å². The standard InChI is InChI=1S/C25H18ClN7O10S3/c26-23-29-24(27-14-6-2-1-3-7-14)31-25(30-23)28-17-12-15(45(36,37)38)10-13-11-18(44-43-42-35)21(22(34)20(13)17)33-32-16-8-4-5-9-19(16)46(39,40)41/h1-12,34-35H,(H,36,37,38)(H,39,40,41)(H2,27,28,29,30,31). The van der Waals surface area contributed by atoms with Crippen molar-refractivity contribution in [3.05, 3.63) is 78.1 Å². The number of phenolic OH excluding ortho intramolecular Hbond substituents is 1. The summed E-state index contributed by atoms with van der Waals surface area (Å²) in [6.07, 6.45) is 0. The number of hydrogen-bond acceptors (Lipinski definition) is 16. The minimum Gasteiger partial charge on any atom is -0.505 e. The summed E-state index contributed by atoms with van der Waals surface area (Å²) in [6, 6.07) is 17.0. The molecule has 238 valence electrons. The maximum Gasteiger partial charge on any atom is 0.296 e. The van der Waals surface area contributed by atoms with E-state index in [0.29, 0.717) is 17.7 Å². The van der Waals surface area contributed by atoms with E-state index in [1.165, 1.54) is 24.3 Å². The number of fused-ring (bicyclic) bond motifs is 1. The Morgan fingerprint density at radius 2 is 1.50 bits per heavy atom. The Bertz CT molecular complexity index is 2190. The zero-order valence-corrected chi connectivity index (χ0v) is 25.7. The predicted octanol–water partition coefficient (Wildman–Crippen LogP) is 6.21. The summed E-state index contributed by atoms with van der Waals surface area (Å²) in [6.45, 7) is 0. The van der Waals surface area contributed by atoms with E-state index in [1.54, 1.807) is 30.3 Å². The minimum absolute atomic E-state index is 0.00000900. The number of anilines is 4. The molecule has 5 aromatic rings. The molecule has 0 aliphatic carbocycles. The van der Waals surface area contributed by atoms with Crippen molar-refractivity contribution >= 4 is 89.3 Å². The van der Waals surface area contributed by atoms with Gasteiger partial charge in [-0.2, -0.15) is 31.8 Å². The molecule has 0 fully saturated rings. The third kappa shape index (κ3) is 7.64. The molecule has 46 heavy (non-hydrogen) atoms. The molecule has 4 aromatic carbocycles. The number of aromatic hydroxyl groups is 1. The Hall–Kier alpha value is -4.51. The monoisotopic (exact) mass is 707 g/mol. The van der Waals surface area contributed by atoms with E-state index < -0.39 is 35.8 Å². The van der Waals surface area contributed by atoms with Crippen molar-refractivity contribution in [2.75, 3.05) is 10.6 Å². The molecule has 0 aliphatic heterocycles. The average molecular weight is 708 g/mol. The van der Waals surface area contributed by atoms with Crippen LogP contribution < -0.4 is 10.6 Å². The summed E-state index contributed by atoms with van der Waals surface area (Å²) in [7, 11) is -9.54. The molecule has 0 atom stereocenters. The molecule has 0 bridgehead atoms. The fraction of sp³-hybridized carbons (Fsp3) is 0. The van der Waals surface area contributed by atoms with Gasteiger partial charge in [-0.15, -0.1) is 14.6 Å². The first-order valence-electron chi connectivity index (χ1n) is 12.3. The van der Waals surface area contributed by atoms with Crippen molar-refractivity contribution in [1.29, 1.82) is 0 Å². The normalized spacial score (nSPS) is 12.1. The molecule has 0 aliphatic rings. The Labute approximate surface area is 268 Å². The maximum atomic E-state index is 12.2. The van der Waals surface area contributed by atoms with Gasteiger partial charge in [0.25, 0.3) is 20.2 Å². The molecular formula is C25H18ClN7O10S3. The Kier molecular flexibility index (Phi) is 9.62. The third-order valence-electron chi connectivity index (χ3n) is 5.86. The van der Waals surface area contributed by atoms with Crippen LogP contribution in [0.4, 0.5) is 34.6 Å². The van der Waals surface area contributed by atoms with Crippen molar-refractivity contribution in [3.63, 3.8) is 0 Å². The van der Waals surface area contributed by atoms with Crippen LogP contribution in [0.1, 0.15) is 0 Å². The second-order valence-corrected chi connectivity index (χ2v) is 12.7. The van der Waals surface area contributed by atoms with Crippen molar-refractivity contribution in [1.82, 2.24) is 15.0 Å². The molecule has 0 amide bonds. The lowest BCUT2D eigenvalue weighted by Crippen LogP contribution is -2.05. The lowest BCUT2D eigenvalue weighted by atomic mass is 10.1. The molecule has 0 saturated carbocycles. The summed E-state index contributed by atoms with van der Waals surface area (Å²) in [5, 5.41) is 36.9. The van der Waals surface area contributed by atoms with Crippen LogP contribution in [0.25, 0.3) is 10.8 Å². The van der Waals surface area contributed by atoms with Crippen LogP contribution in [-0.2, 0) is 29.6 Å². The average Bonchev–Trinajstić information content (AvgIpc) is 2.99.